The largest absolute Gasteiger partial charge is 0.467 e. The molecule has 0 fully saturated rings. The van der Waals surface area contributed by atoms with Crippen molar-refractivity contribution in [1.29, 1.82) is 0 Å². The maximum atomic E-state index is 13.3. The van der Waals surface area contributed by atoms with Gasteiger partial charge in [-0.15, -0.1) is 11.3 Å². The van der Waals surface area contributed by atoms with Crippen molar-refractivity contribution in [1.82, 2.24) is 5.32 Å². The van der Waals surface area contributed by atoms with E-state index in [9.17, 15) is 4.79 Å². The highest BCUT2D eigenvalue weighted by Crippen LogP contribution is 2.45. The zero-order chi connectivity index (χ0) is 23.9. The van der Waals surface area contributed by atoms with E-state index in [4.69, 9.17) is 18.9 Å². The minimum atomic E-state index is -0.111. The first kappa shape index (κ1) is 23.2. The van der Waals surface area contributed by atoms with Crippen LogP contribution in [0.4, 0.5) is 5.00 Å². The molecule has 1 aliphatic heterocycles. The number of carbonyl (C=O) groups excluding carboxylic acids is 1. The number of hydrogen-bond acceptors (Lipinski definition) is 6. The number of rotatable bonds is 5. The van der Waals surface area contributed by atoms with Crippen LogP contribution < -0.4 is 14.8 Å². The molecule has 0 radical (unpaired) electrons. The van der Waals surface area contributed by atoms with Crippen LogP contribution in [0.3, 0.4) is 0 Å². The molecule has 1 amide bonds. The van der Waals surface area contributed by atoms with Crippen molar-refractivity contribution < 1.29 is 18.7 Å². The molecule has 0 saturated carbocycles. The maximum absolute atomic E-state index is 13.3. The number of hydrogen-bond donors (Lipinski definition) is 1. The molecule has 178 valence electrons. The Labute approximate surface area is 211 Å². The minimum Gasteiger partial charge on any atom is -0.467 e. The summed E-state index contributed by atoms with van der Waals surface area (Å²) in [5.41, 5.74) is 2.92. The van der Waals surface area contributed by atoms with Crippen LogP contribution in [0.15, 0.2) is 44.4 Å². The molecule has 6 nitrogen and oxygen atoms in total. The Balaban J connectivity index is 1.47. The highest BCUT2D eigenvalue weighted by molar-refractivity contribution is 9.10. The van der Waals surface area contributed by atoms with Gasteiger partial charge in [-0.1, -0.05) is 20.8 Å². The van der Waals surface area contributed by atoms with Gasteiger partial charge in [0.15, 0.2) is 11.5 Å². The van der Waals surface area contributed by atoms with Crippen LogP contribution in [0.1, 0.15) is 59.3 Å². The van der Waals surface area contributed by atoms with Gasteiger partial charge in [-0.2, -0.15) is 0 Å². The van der Waals surface area contributed by atoms with Gasteiger partial charge < -0.3 is 19.2 Å². The predicted octanol–water partition coefficient (Wildman–Crippen LogP) is 6.66. The van der Waals surface area contributed by atoms with E-state index in [0.29, 0.717) is 29.5 Å². The Morgan fingerprint density at radius 2 is 2.09 bits per heavy atom. The normalized spacial score (nSPS) is 17.2. The number of carbonyl (C=O) groups is 1. The van der Waals surface area contributed by atoms with E-state index in [1.165, 1.54) is 4.88 Å². The second-order valence-electron chi connectivity index (χ2n) is 9.74. The van der Waals surface area contributed by atoms with Crippen molar-refractivity contribution in [2.45, 2.75) is 46.6 Å². The number of fused-ring (bicyclic) bond motifs is 2. The molecular weight excluding hydrogens is 516 g/mol. The number of thiophene rings is 1. The van der Waals surface area contributed by atoms with Gasteiger partial charge in [0.2, 0.25) is 6.79 Å². The molecule has 1 N–H and O–H groups in total. The SMILES string of the molecule is CC(C)(C)[C@H]1CCc2c(sc(N=Cc3cc4c(cc3Br)OCO4)c2C(=O)NCc2ccco2)C1. The molecule has 3 aromatic rings. The lowest BCUT2D eigenvalue weighted by Gasteiger charge is -2.33. The van der Waals surface area contributed by atoms with Crippen molar-refractivity contribution in [3.63, 3.8) is 0 Å². The molecule has 1 aliphatic carbocycles. The molecule has 8 heteroatoms. The summed E-state index contributed by atoms with van der Waals surface area (Å²) in [5, 5.41) is 3.75. The van der Waals surface area contributed by atoms with Gasteiger partial charge in [-0.3, -0.25) is 4.79 Å². The van der Waals surface area contributed by atoms with E-state index in [0.717, 1.165) is 45.6 Å². The Kier molecular flexibility index (Phi) is 6.29. The maximum Gasteiger partial charge on any atom is 0.255 e. The van der Waals surface area contributed by atoms with Gasteiger partial charge in [0, 0.05) is 21.1 Å². The lowest BCUT2D eigenvalue weighted by molar-refractivity contribution is 0.0947. The number of benzene rings is 1. The van der Waals surface area contributed by atoms with E-state index in [2.05, 4.69) is 42.0 Å². The van der Waals surface area contributed by atoms with E-state index in [1.54, 1.807) is 23.8 Å². The first-order chi connectivity index (χ1) is 16.3. The van der Waals surface area contributed by atoms with Crippen LogP contribution in [-0.2, 0) is 19.4 Å². The van der Waals surface area contributed by atoms with Crippen LogP contribution in [-0.4, -0.2) is 18.9 Å². The molecule has 1 aromatic carbocycles. The Morgan fingerprint density at radius 3 is 2.82 bits per heavy atom. The summed E-state index contributed by atoms with van der Waals surface area (Å²) in [4.78, 5) is 19.4. The van der Waals surface area contributed by atoms with Gasteiger partial charge in [-0.05, 0) is 76.4 Å². The monoisotopic (exact) mass is 542 g/mol. The first-order valence-electron chi connectivity index (χ1n) is 11.4. The molecule has 2 aromatic heterocycles. The average molecular weight is 543 g/mol. The zero-order valence-corrected chi connectivity index (χ0v) is 21.8. The fourth-order valence-electron chi connectivity index (χ4n) is 4.46. The zero-order valence-electron chi connectivity index (χ0n) is 19.4. The van der Waals surface area contributed by atoms with E-state index in [1.807, 2.05) is 24.3 Å². The Morgan fingerprint density at radius 1 is 1.29 bits per heavy atom. The molecule has 0 bridgehead atoms. The molecule has 34 heavy (non-hydrogen) atoms. The second-order valence-corrected chi connectivity index (χ2v) is 11.7. The minimum absolute atomic E-state index is 0.111. The van der Waals surface area contributed by atoms with Crippen LogP contribution >= 0.6 is 27.3 Å². The first-order valence-corrected chi connectivity index (χ1v) is 13.0. The third kappa shape index (κ3) is 4.66. The highest BCUT2D eigenvalue weighted by Gasteiger charge is 2.33. The van der Waals surface area contributed by atoms with Gasteiger partial charge in [0.05, 0.1) is 18.4 Å². The molecule has 0 saturated heterocycles. The fraction of sp³-hybridized carbons (Fsp3) is 0.385. The quantitative estimate of drug-likeness (QED) is 0.365. The lowest BCUT2D eigenvalue weighted by atomic mass is 9.72. The summed E-state index contributed by atoms with van der Waals surface area (Å²) in [6, 6.07) is 7.46. The summed E-state index contributed by atoms with van der Waals surface area (Å²) >= 11 is 5.22. The van der Waals surface area contributed by atoms with Crippen LogP contribution in [0, 0.1) is 11.3 Å². The van der Waals surface area contributed by atoms with Crippen molar-refractivity contribution in [2.75, 3.05) is 6.79 Å². The average Bonchev–Trinajstić information content (AvgIpc) is 3.54. The summed E-state index contributed by atoms with van der Waals surface area (Å²) in [6.45, 7) is 7.45. The molecule has 0 spiro atoms. The number of aliphatic imine (C=N–C) groups is 1. The molecular formula is C26H27BrN2O4S. The van der Waals surface area contributed by atoms with Crippen LogP contribution in [0.25, 0.3) is 0 Å². The fourth-order valence-corrected chi connectivity index (χ4v) is 6.16. The second kappa shape index (κ2) is 9.23. The van der Waals surface area contributed by atoms with Gasteiger partial charge in [0.25, 0.3) is 5.91 Å². The number of ether oxygens (including phenoxy) is 2. The number of halogens is 1. The lowest BCUT2D eigenvalue weighted by Crippen LogP contribution is -2.28. The van der Waals surface area contributed by atoms with Crippen molar-refractivity contribution >= 4 is 44.4 Å². The smallest absolute Gasteiger partial charge is 0.255 e. The molecule has 3 heterocycles. The van der Waals surface area contributed by atoms with Crippen LogP contribution in [0.5, 0.6) is 11.5 Å². The summed E-state index contributed by atoms with van der Waals surface area (Å²) in [6.07, 6.45) is 6.34. The number of furan rings is 1. The Bertz CT molecular complexity index is 1240. The molecule has 5 rings (SSSR count). The van der Waals surface area contributed by atoms with Gasteiger partial charge in [0.1, 0.15) is 10.8 Å². The van der Waals surface area contributed by atoms with Crippen molar-refractivity contribution in [3.05, 3.63) is 62.3 Å². The molecule has 2 aliphatic rings. The third-order valence-electron chi connectivity index (χ3n) is 6.51. The van der Waals surface area contributed by atoms with E-state index < -0.39 is 0 Å². The Hall–Kier alpha value is -2.58. The van der Waals surface area contributed by atoms with Crippen LogP contribution in [0.2, 0.25) is 0 Å². The van der Waals surface area contributed by atoms with E-state index in [-0.39, 0.29) is 18.1 Å². The third-order valence-corrected chi connectivity index (χ3v) is 8.36. The summed E-state index contributed by atoms with van der Waals surface area (Å²) < 4.78 is 17.2. The summed E-state index contributed by atoms with van der Waals surface area (Å²) in [7, 11) is 0. The van der Waals surface area contributed by atoms with E-state index >= 15 is 0 Å². The van der Waals surface area contributed by atoms with Gasteiger partial charge in [-0.25, -0.2) is 4.99 Å². The molecule has 1 atom stereocenters. The standard InChI is InChI=1S/C26H27BrN2O4S/c1-26(2,3)16-6-7-18-22(10-16)34-25(23(18)24(30)28-13-17-5-4-8-31-17)29-12-15-9-20-21(11-19(15)27)33-14-32-20/h4-5,8-9,11-12,16H,6-7,10,13-14H2,1-3H3,(H,28,30)/t16-/m0/s1. The number of nitrogens with zero attached hydrogens (tertiary/aromatic N) is 1. The molecule has 0 unspecified atom stereocenters. The topological polar surface area (TPSA) is 73.1 Å². The predicted molar refractivity (Wildman–Crippen MR) is 137 cm³/mol. The highest BCUT2D eigenvalue weighted by atomic mass is 79.9. The number of nitrogens with one attached hydrogen (secondary N) is 1. The van der Waals surface area contributed by atoms with Crippen molar-refractivity contribution in [3.8, 4) is 11.5 Å². The summed E-state index contributed by atoms with van der Waals surface area (Å²) in [5.74, 6) is 2.60. The van der Waals surface area contributed by atoms with Gasteiger partial charge >= 0.3 is 0 Å². The van der Waals surface area contributed by atoms with Crippen molar-refractivity contribution in [2.24, 2.45) is 16.3 Å². The number of amides is 1.